The van der Waals surface area contributed by atoms with Gasteiger partial charge >= 0.3 is 0 Å². The molecule has 1 aromatic carbocycles. The third kappa shape index (κ3) is 3.40. The van der Waals surface area contributed by atoms with Crippen molar-refractivity contribution in [2.75, 3.05) is 6.54 Å². The van der Waals surface area contributed by atoms with Crippen molar-refractivity contribution in [2.45, 2.75) is 51.0 Å². The van der Waals surface area contributed by atoms with Gasteiger partial charge < -0.3 is 9.32 Å². The van der Waals surface area contributed by atoms with Crippen LogP contribution in [-0.4, -0.2) is 33.6 Å². The number of aromatic amines is 1. The molecule has 25 heavy (non-hydrogen) atoms. The molecule has 1 aliphatic carbocycles. The number of nitrogens with zero attached hydrogens (tertiary/aromatic N) is 2. The molecule has 2 aromatic rings. The molecule has 2 fully saturated rings. The standard InChI is InChI=1S/C19H23N3O2S/c23-18(22-12-4-7-16(22)13-5-2-1-3-6-13)15-10-8-14(9-11-15)17-20-21-19(25)24-17/h8-11,13,16H,1-7,12H2,(H,21,25). The molecule has 2 aliphatic rings. The Labute approximate surface area is 152 Å². The van der Waals surface area contributed by atoms with Crippen molar-refractivity contribution in [3.63, 3.8) is 0 Å². The Bertz CT molecular complexity index is 790. The first kappa shape index (κ1) is 16.5. The molecule has 5 nitrogen and oxygen atoms in total. The molecule has 0 spiro atoms. The second-order valence-electron chi connectivity index (χ2n) is 7.10. The van der Waals surface area contributed by atoms with Gasteiger partial charge in [0, 0.05) is 23.7 Å². The van der Waals surface area contributed by atoms with Crippen molar-refractivity contribution < 1.29 is 9.21 Å². The lowest BCUT2D eigenvalue weighted by molar-refractivity contribution is 0.0661. The second kappa shape index (κ2) is 7.12. The number of carbonyl (C=O) groups is 1. The first-order valence-corrected chi connectivity index (χ1v) is 9.60. The fourth-order valence-electron chi connectivity index (χ4n) is 4.33. The number of amides is 1. The fourth-order valence-corrected chi connectivity index (χ4v) is 4.45. The lowest BCUT2D eigenvalue weighted by Gasteiger charge is -2.34. The second-order valence-corrected chi connectivity index (χ2v) is 7.47. The smallest absolute Gasteiger partial charge is 0.284 e. The van der Waals surface area contributed by atoms with E-state index >= 15 is 0 Å². The van der Waals surface area contributed by atoms with E-state index in [0.29, 0.717) is 17.9 Å². The number of carbonyl (C=O) groups excluding carboxylic acids is 1. The molecule has 0 bridgehead atoms. The van der Waals surface area contributed by atoms with E-state index in [1.165, 1.54) is 32.1 Å². The van der Waals surface area contributed by atoms with Crippen LogP contribution < -0.4 is 0 Å². The minimum absolute atomic E-state index is 0.155. The molecule has 1 aliphatic heterocycles. The highest BCUT2D eigenvalue weighted by Gasteiger charge is 2.35. The maximum absolute atomic E-state index is 13.0. The SMILES string of the molecule is O=C(c1ccc(-c2n[nH]c(=S)o2)cc1)N1CCCC1C1CCCCC1. The van der Waals surface area contributed by atoms with Crippen molar-refractivity contribution >= 4 is 18.1 Å². The third-order valence-corrected chi connectivity index (χ3v) is 5.75. The lowest BCUT2D eigenvalue weighted by atomic mass is 9.83. The molecule has 1 N–H and O–H groups in total. The summed E-state index contributed by atoms with van der Waals surface area (Å²) in [4.78, 5) is 15.4. The van der Waals surface area contributed by atoms with Crippen LogP contribution in [0.3, 0.4) is 0 Å². The Morgan fingerprint density at radius 1 is 1.12 bits per heavy atom. The molecule has 6 heteroatoms. The number of likely N-dealkylation sites (tertiary alicyclic amines) is 1. The predicted molar refractivity (Wildman–Crippen MR) is 97.8 cm³/mol. The van der Waals surface area contributed by atoms with Crippen molar-refractivity contribution in [2.24, 2.45) is 5.92 Å². The van der Waals surface area contributed by atoms with Gasteiger partial charge in [0.05, 0.1) is 0 Å². The van der Waals surface area contributed by atoms with Gasteiger partial charge in [-0.25, -0.2) is 5.10 Å². The first-order chi connectivity index (χ1) is 12.2. The largest absolute Gasteiger partial charge is 0.409 e. The molecular formula is C19H23N3O2S. The van der Waals surface area contributed by atoms with Gasteiger partial charge in [0.1, 0.15) is 0 Å². The molecule has 1 saturated heterocycles. The molecule has 132 valence electrons. The molecule has 1 saturated carbocycles. The van der Waals surface area contributed by atoms with Gasteiger partial charge in [0.2, 0.25) is 5.89 Å². The molecule has 1 atom stereocenters. The summed E-state index contributed by atoms with van der Waals surface area (Å²) in [6.07, 6.45) is 8.81. The van der Waals surface area contributed by atoms with Gasteiger partial charge in [-0.2, -0.15) is 0 Å². The first-order valence-electron chi connectivity index (χ1n) is 9.19. The summed E-state index contributed by atoms with van der Waals surface area (Å²) in [6, 6.07) is 7.89. The van der Waals surface area contributed by atoms with E-state index in [1.807, 2.05) is 24.3 Å². The predicted octanol–water partition coefficient (Wildman–Crippen LogP) is 4.58. The van der Waals surface area contributed by atoms with E-state index in [-0.39, 0.29) is 10.7 Å². The van der Waals surface area contributed by atoms with Crippen LogP contribution in [-0.2, 0) is 0 Å². The maximum Gasteiger partial charge on any atom is 0.284 e. The topological polar surface area (TPSA) is 62.1 Å². The van der Waals surface area contributed by atoms with Crippen LogP contribution in [0.4, 0.5) is 0 Å². The number of hydrogen-bond acceptors (Lipinski definition) is 4. The highest BCUT2D eigenvalue weighted by atomic mass is 32.1. The van der Waals surface area contributed by atoms with Gasteiger partial charge in [0.15, 0.2) is 0 Å². The minimum atomic E-state index is 0.155. The van der Waals surface area contributed by atoms with E-state index < -0.39 is 0 Å². The average Bonchev–Trinajstić information content (AvgIpc) is 3.31. The highest BCUT2D eigenvalue weighted by molar-refractivity contribution is 7.71. The van der Waals surface area contributed by atoms with Gasteiger partial charge in [-0.05, 0) is 68.1 Å². The number of aromatic nitrogens is 2. The fraction of sp³-hybridized carbons (Fsp3) is 0.526. The average molecular weight is 357 g/mol. The number of rotatable bonds is 3. The van der Waals surface area contributed by atoms with Crippen molar-refractivity contribution in [3.8, 4) is 11.5 Å². The molecule has 1 amide bonds. The number of nitrogens with one attached hydrogen (secondary N) is 1. The summed E-state index contributed by atoms with van der Waals surface area (Å²) in [5.41, 5.74) is 1.55. The van der Waals surface area contributed by atoms with E-state index in [9.17, 15) is 4.79 Å². The molecular weight excluding hydrogens is 334 g/mol. The monoisotopic (exact) mass is 357 g/mol. The van der Waals surface area contributed by atoms with Crippen LogP contribution in [0.15, 0.2) is 28.7 Å². The lowest BCUT2D eigenvalue weighted by Crippen LogP contribution is -2.40. The van der Waals surface area contributed by atoms with Gasteiger partial charge in [-0.15, -0.1) is 5.10 Å². The van der Waals surface area contributed by atoms with Crippen LogP contribution in [0.1, 0.15) is 55.3 Å². The van der Waals surface area contributed by atoms with Gasteiger partial charge in [-0.1, -0.05) is 19.3 Å². The minimum Gasteiger partial charge on any atom is -0.409 e. The highest BCUT2D eigenvalue weighted by Crippen LogP contribution is 2.35. The summed E-state index contributed by atoms with van der Waals surface area (Å²) in [5, 5.41) is 6.63. The summed E-state index contributed by atoms with van der Waals surface area (Å²) in [6.45, 7) is 0.885. The summed E-state index contributed by atoms with van der Waals surface area (Å²) in [5.74, 6) is 1.29. The van der Waals surface area contributed by atoms with Crippen molar-refractivity contribution in [1.82, 2.24) is 15.1 Å². The molecule has 1 aromatic heterocycles. The Morgan fingerprint density at radius 3 is 2.56 bits per heavy atom. The Morgan fingerprint density at radius 2 is 1.88 bits per heavy atom. The van der Waals surface area contributed by atoms with Crippen molar-refractivity contribution in [3.05, 3.63) is 34.7 Å². The molecule has 2 heterocycles. The molecule has 0 radical (unpaired) electrons. The number of hydrogen-bond donors (Lipinski definition) is 1. The maximum atomic E-state index is 13.0. The quantitative estimate of drug-likeness (QED) is 0.817. The van der Waals surface area contributed by atoms with E-state index in [4.69, 9.17) is 16.6 Å². The number of benzene rings is 1. The normalized spacial score (nSPS) is 21.6. The number of H-pyrrole nitrogens is 1. The van der Waals surface area contributed by atoms with E-state index in [2.05, 4.69) is 15.1 Å². The summed E-state index contributed by atoms with van der Waals surface area (Å²) < 4.78 is 5.32. The summed E-state index contributed by atoms with van der Waals surface area (Å²) >= 11 is 4.90. The van der Waals surface area contributed by atoms with E-state index in [1.54, 1.807) is 0 Å². The van der Waals surface area contributed by atoms with Crippen molar-refractivity contribution in [1.29, 1.82) is 0 Å². The van der Waals surface area contributed by atoms with Crippen LogP contribution in [0.25, 0.3) is 11.5 Å². The van der Waals surface area contributed by atoms with E-state index in [0.717, 1.165) is 30.5 Å². The Kier molecular flexibility index (Phi) is 4.70. The van der Waals surface area contributed by atoms with Crippen LogP contribution >= 0.6 is 12.2 Å². The van der Waals surface area contributed by atoms with Crippen LogP contribution in [0, 0.1) is 10.8 Å². The van der Waals surface area contributed by atoms with Gasteiger partial charge in [-0.3, -0.25) is 4.79 Å². The molecule has 4 rings (SSSR count). The van der Waals surface area contributed by atoms with Crippen LogP contribution in [0.2, 0.25) is 0 Å². The van der Waals surface area contributed by atoms with Crippen LogP contribution in [0.5, 0.6) is 0 Å². The zero-order chi connectivity index (χ0) is 17.2. The molecule has 1 unspecified atom stereocenters. The zero-order valence-electron chi connectivity index (χ0n) is 14.2. The Balaban J connectivity index is 1.50. The third-order valence-electron chi connectivity index (χ3n) is 5.57. The zero-order valence-corrected chi connectivity index (χ0v) is 15.1. The summed E-state index contributed by atoms with van der Waals surface area (Å²) in [7, 11) is 0. The van der Waals surface area contributed by atoms with Gasteiger partial charge in [0.25, 0.3) is 10.7 Å². The Hall–Kier alpha value is -1.95.